The van der Waals surface area contributed by atoms with Crippen LogP contribution in [0.3, 0.4) is 0 Å². The second kappa shape index (κ2) is 7.17. The molecule has 2 heterocycles. The minimum absolute atomic E-state index is 0.0216. The molecule has 5 nitrogen and oxygen atoms in total. The van der Waals surface area contributed by atoms with Crippen molar-refractivity contribution in [1.82, 2.24) is 4.98 Å². The number of thiazole rings is 1. The minimum atomic E-state index is 0.0216. The van der Waals surface area contributed by atoms with Gasteiger partial charge in [-0.05, 0) is 36.2 Å². The number of hydrogen-bond acceptors (Lipinski definition) is 5. The lowest BCUT2D eigenvalue weighted by Gasteiger charge is -2.24. The van der Waals surface area contributed by atoms with Crippen LogP contribution in [0.1, 0.15) is 16.1 Å². The molecule has 3 aromatic rings. The quantitative estimate of drug-likeness (QED) is 0.686. The summed E-state index contributed by atoms with van der Waals surface area (Å²) >= 11 is 1.55. The molecule has 1 amide bonds. The van der Waals surface area contributed by atoms with E-state index < -0.39 is 0 Å². The second-order valence-corrected chi connectivity index (χ2v) is 7.04. The maximum atomic E-state index is 13.1. The number of fused-ring (bicyclic) bond motifs is 1. The Balaban J connectivity index is 1.60. The smallest absolute Gasteiger partial charge is 0.231 e. The molecule has 1 aromatic heterocycles. The van der Waals surface area contributed by atoms with Gasteiger partial charge in [0.1, 0.15) is 5.01 Å². The molecule has 1 aliphatic rings. The number of nitrogens with zero attached hydrogens (tertiary/aromatic N) is 2. The van der Waals surface area contributed by atoms with E-state index in [0.29, 0.717) is 12.3 Å². The van der Waals surface area contributed by atoms with Crippen molar-refractivity contribution in [3.05, 3.63) is 70.2 Å². The molecule has 0 saturated heterocycles. The number of anilines is 1. The Morgan fingerprint density at radius 3 is 2.85 bits per heavy atom. The van der Waals surface area contributed by atoms with E-state index >= 15 is 0 Å². The Labute approximate surface area is 155 Å². The summed E-state index contributed by atoms with van der Waals surface area (Å²) in [6.45, 7) is 2.70. The van der Waals surface area contributed by atoms with E-state index in [1.807, 2.05) is 54.8 Å². The Morgan fingerprint density at radius 1 is 1.19 bits per heavy atom. The first-order valence-corrected chi connectivity index (χ1v) is 9.21. The average Bonchev–Trinajstić information content (AvgIpc) is 3.31. The van der Waals surface area contributed by atoms with E-state index in [0.717, 1.165) is 27.6 Å². The van der Waals surface area contributed by atoms with E-state index in [1.54, 1.807) is 22.4 Å². The molecule has 132 valence electrons. The van der Waals surface area contributed by atoms with Gasteiger partial charge in [-0.15, -0.1) is 11.3 Å². The van der Waals surface area contributed by atoms with Crippen LogP contribution in [-0.4, -0.2) is 17.7 Å². The Hall–Kier alpha value is -2.86. The van der Waals surface area contributed by atoms with Gasteiger partial charge in [-0.3, -0.25) is 4.79 Å². The van der Waals surface area contributed by atoms with Crippen molar-refractivity contribution in [3.63, 3.8) is 0 Å². The number of benzene rings is 2. The lowest BCUT2D eigenvalue weighted by molar-refractivity contribution is -0.118. The Morgan fingerprint density at radius 2 is 2.04 bits per heavy atom. The highest BCUT2D eigenvalue weighted by Crippen LogP contribution is 2.33. The number of rotatable bonds is 5. The number of aryl methyl sites for hydroxylation is 1. The minimum Gasteiger partial charge on any atom is -0.454 e. The summed E-state index contributed by atoms with van der Waals surface area (Å²) in [7, 11) is 0. The van der Waals surface area contributed by atoms with Crippen molar-refractivity contribution in [1.29, 1.82) is 0 Å². The number of carbonyl (C=O) groups excluding carboxylic acids is 1. The molecule has 0 atom stereocenters. The number of ether oxygens (including phenoxy) is 2. The molecule has 0 spiro atoms. The molecule has 0 fully saturated rings. The van der Waals surface area contributed by atoms with Crippen LogP contribution in [0.25, 0.3) is 0 Å². The third-order valence-electron chi connectivity index (χ3n) is 4.28. The van der Waals surface area contributed by atoms with Gasteiger partial charge in [-0.1, -0.05) is 24.3 Å². The SMILES string of the molecule is Cc1ccccc1N(Cc1nccs1)C(=O)Cc1ccc2c(c1)OCO2. The molecule has 0 saturated carbocycles. The standard InChI is InChI=1S/C20H18N2O3S/c1-14-4-2-3-5-16(14)22(12-19-21-8-9-26-19)20(23)11-15-6-7-17-18(10-15)25-13-24-17/h2-10H,11-13H2,1H3. The van der Waals surface area contributed by atoms with Crippen molar-refractivity contribution in [2.45, 2.75) is 19.9 Å². The van der Waals surface area contributed by atoms with Gasteiger partial charge in [0.15, 0.2) is 11.5 Å². The van der Waals surface area contributed by atoms with Crippen LogP contribution in [0.4, 0.5) is 5.69 Å². The zero-order valence-corrected chi connectivity index (χ0v) is 15.2. The van der Waals surface area contributed by atoms with Gasteiger partial charge < -0.3 is 14.4 Å². The van der Waals surface area contributed by atoms with Crippen LogP contribution >= 0.6 is 11.3 Å². The fourth-order valence-electron chi connectivity index (χ4n) is 2.96. The first kappa shape index (κ1) is 16.6. The molecule has 0 aliphatic carbocycles. The molecule has 0 N–H and O–H groups in total. The first-order valence-electron chi connectivity index (χ1n) is 8.33. The molecule has 26 heavy (non-hydrogen) atoms. The summed E-state index contributed by atoms with van der Waals surface area (Å²) in [4.78, 5) is 19.3. The van der Waals surface area contributed by atoms with Crippen LogP contribution in [0.5, 0.6) is 11.5 Å². The molecule has 2 aromatic carbocycles. The van der Waals surface area contributed by atoms with Gasteiger partial charge in [0.2, 0.25) is 12.7 Å². The van der Waals surface area contributed by atoms with E-state index in [1.165, 1.54) is 0 Å². The Kier molecular flexibility index (Phi) is 4.58. The lowest BCUT2D eigenvalue weighted by atomic mass is 10.1. The average molecular weight is 366 g/mol. The van der Waals surface area contributed by atoms with Gasteiger partial charge in [-0.2, -0.15) is 0 Å². The number of para-hydroxylation sites is 1. The summed E-state index contributed by atoms with van der Waals surface area (Å²) in [5.41, 5.74) is 2.87. The lowest BCUT2D eigenvalue weighted by Crippen LogP contribution is -2.32. The fourth-order valence-corrected chi connectivity index (χ4v) is 3.57. The third kappa shape index (κ3) is 3.41. The highest BCUT2D eigenvalue weighted by atomic mass is 32.1. The van der Waals surface area contributed by atoms with Crippen LogP contribution in [0, 0.1) is 6.92 Å². The number of aromatic nitrogens is 1. The zero-order valence-electron chi connectivity index (χ0n) is 14.3. The second-order valence-electron chi connectivity index (χ2n) is 6.06. The van der Waals surface area contributed by atoms with Crippen molar-refractivity contribution in [3.8, 4) is 11.5 Å². The summed E-state index contributed by atoms with van der Waals surface area (Å²) in [5.74, 6) is 1.44. The van der Waals surface area contributed by atoms with Crippen LogP contribution in [0.15, 0.2) is 54.0 Å². The van der Waals surface area contributed by atoms with Gasteiger partial charge in [0.05, 0.1) is 13.0 Å². The summed E-state index contributed by atoms with van der Waals surface area (Å²) in [6, 6.07) is 13.5. The van der Waals surface area contributed by atoms with Gasteiger partial charge in [0, 0.05) is 17.3 Å². The third-order valence-corrected chi connectivity index (χ3v) is 5.04. The molecule has 6 heteroatoms. The molecule has 4 rings (SSSR count). The fraction of sp³-hybridized carbons (Fsp3) is 0.200. The van der Waals surface area contributed by atoms with Crippen molar-refractivity contribution in [2.75, 3.05) is 11.7 Å². The van der Waals surface area contributed by atoms with Crippen molar-refractivity contribution in [2.24, 2.45) is 0 Å². The number of hydrogen-bond donors (Lipinski definition) is 0. The predicted molar refractivity (Wildman–Crippen MR) is 101 cm³/mol. The Bertz CT molecular complexity index is 925. The first-order chi connectivity index (χ1) is 12.7. The van der Waals surface area contributed by atoms with Gasteiger partial charge in [0.25, 0.3) is 0 Å². The van der Waals surface area contributed by atoms with E-state index in [2.05, 4.69) is 4.98 Å². The summed E-state index contributed by atoms with van der Waals surface area (Å²) in [5, 5.41) is 2.83. The predicted octanol–water partition coefficient (Wildman–Crippen LogP) is 3.96. The number of amides is 1. The molecule has 0 unspecified atom stereocenters. The highest BCUT2D eigenvalue weighted by Gasteiger charge is 2.21. The number of carbonyl (C=O) groups is 1. The normalized spacial score (nSPS) is 12.2. The monoisotopic (exact) mass is 366 g/mol. The summed E-state index contributed by atoms with van der Waals surface area (Å²) < 4.78 is 10.8. The molecular formula is C20H18N2O3S. The van der Waals surface area contributed by atoms with E-state index in [9.17, 15) is 4.79 Å². The van der Waals surface area contributed by atoms with Gasteiger partial charge in [-0.25, -0.2) is 4.98 Å². The largest absolute Gasteiger partial charge is 0.454 e. The molecular weight excluding hydrogens is 348 g/mol. The maximum Gasteiger partial charge on any atom is 0.231 e. The summed E-state index contributed by atoms with van der Waals surface area (Å²) in [6.07, 6.45) is 2.05. The topological polar surface area (TPSA) is 51.7 Å². The van der Waals surface area contributed by atoms with E-state index in [-0.39, 0.29) is 19.1 Å². The zero-order chi connectivity index (χ0) is 17.9. The van der Waals surface area contributed by atoms with Gasteiger partial charge >= 0.3 is 0 Å². The highest BCUT2D eigenvalue weighted by molar-refractivity contribution is 7.09. The van der Waals surface area contributed by atoms with Crippen LogP contribution < -0.4 is 14.4 Å². The van der Waals surface area contributed by atoms with Crippen LogP contribution in [-0.2, 0) is 17.8 Å². The van der Waals surface area contributed by atoms with Crippen molar-refractivity contribution >= 4 is 22.9 Å². The van der Waals surface area contributed by atoms with Crippen LogP contribution in [0.2, 0.25) is 0 Å². The molecule has 0 radical (unpaired) electrons. The molecule has 1 aliphatic heterocycles. The van der Waals surface area contributed by atoms with E-state index in [4.69, 9.17) is 9.47 Å². The maximum absolute atomic E-state index is 13.1. The molecule has 0 bridgehead atoms. The van der Waals surface area contributed by atoms with Crippen molar-refractivity contribution < 1.29 is 14.3 Å².